The predicted octanol–water partition coefficient (Wildman–Crippen LogP) is 3.74. The van der Waals surface area contributed by atoms with E-state index in [1.54, 1.807) is 48.5 Å². The van der Waals surface area contributed by atoms with Crippen molar-refractivity contribution in [3.05, 3.63) is 95.6 Å². The van der Waals surface area contributed by atoms with Gasteiger partial charge in [0, 0.05) is 0 Å². The van der Waals surface area contributed by atoms with E-state index < -0.39 is 5.97 Å². The monoisotopic (exact) mass is 388 g/mol. The molecule has 0 heterocycles. The highest BCUT2D eigenvalue weighted by molar-refractivity contribution is 5.92. The lowest BCUT2D eigenvalue weighted by molar-refractivity contribution is -0.123. The number of nitrogens with one attached hydrogen (secondary N) is 1. The van der Waals surface area contributed by atoms with Crippen LogP contribution in [0.5, 0.6) is 11.5 Å². The summed E-state index contributed by atoms with van der Waals surface area (Å²) in [6.07, 6.45) is 1.49. The van der Waals surface area contributed by atoms with Crippen LogP contribution >= 0.6 is 0 Å². The number of amides is 1. The Kier molecular flexibility index (Phi) is 6.73. The molecule has 6 heteroatoms. The van der Waals surface area contributed by atoms with Gasteiger partial charge in [0.15, 0.2) is 6.61 Å². The second kappa shape index (κ2) is 9.85. The number of carbonyl (C=O) groups excluding carboxylic acids is 2. The van der Waals surface area contributed by atoms with Crippen molar-refractivity contribution in [1.82, 2.24) is 5.43 Å². The number of carbonyl (C=O) groups is 2. The Morgan fingerprint density at radius 2 is 1.59 bits per heavy atom. The lowest BCUT2D eigenvalue weighted by atomic mass is 10.1. The molecule has 0 bridgehead atoms. The van der Waals surface area contributed by atoms with Gasteiger partial charge >= 0.3 is 5.97 Å². The van der Waals surface area contributed by atoms with Crippen LogP contribution in [0.3, 0.4) is 0 Å². The summed E-state index contributed by atoms with van der Waals surface area (Å²) in [4.78, 5) is 24.0. The molecule has 0 atom stereocenters. The van der Waals surface area contributed by atoms with Crippen LogP contribution in [-0.2, 0) is 4.79 Å². The number of hydrazone groups is 1. The second-order valence-corrected chi connectivity index (χ2v) is 6.17. The number of para-hydroxylation sites is 1. The van der Waals surface area contributed by atoms with Gasteiger partial charge in [-0.1, -0.05) is 36.4 Å². The highest BCUT2D eigenvalue weighted by Gasteiger charge is 2.10. The van der Waals surface area contributed by atoms with Crippen molar-refractivity contribution in [2.75, 3.05) is 6.61 Å². The van der Waals surface area contributed by atoms with E-state index in [1.165, 1.54) is 6.21 Å². The molecule has 146 valence electrons. The van der Waals surface area contributed by atoms with Crippen molar-refractivity contribution in [3.63, 3.8) is 0 Å². The Balaban J connectivity index is 1.48. The zero-order valence-corrected chi connectivity index (χ0v) is 15.9. The molecular formula is C23H20N2O4. The smallest absolute Gasteiger partial charge is 0.343 e. The summed E-state index contributed by atoms with van der Waals surface area (Å²) < 4.78 is 10.7. The zero-order chi connectivity index (χ0) is 20.5. The van der Waals surface area contributed by atoms with Gasteiger partial charge in [-0.25, -0.2) is 10.2 Å². The minimum Gasteiger partial charge on any atom is -0.484 e. The molecule has 0 unspecified atom stereocenters. The highest BCUT2D eigenvalue weighted by Crippen LogP contribution is 2.15. The SMILES string of the molecule is Cc1ccccc1C(=O)Oc1ccc(/C=N/NC(=O)COc2ccccc2)cc1. The molecule has 29 heavy (non-hydrogen) atoms. The summed E-state index contributed by atoms with van der Waals surface area (Å²) >= 11 is 0. The van der Waals surface area contributed by atoms with Gasteiger partial charge < -0.3 is 9.47 Å². The van der Waals surface area contributed by atoms with Gasteiger partial charge in [0.1, 0.15) is 11.5 Å². The normalized spacial score (nSPS) is 10.5. The van der Waals surface area contributed by atoms with Gasteiger partial charge in [0.2, 0.25) is 0 Å². The quantitative estimate of drug-likeness (QED) is 0.289. The van der Waals surface area contributed by atoms with Crippen LogP contribution in [0.15, 0.2) is 84.0 Å². The van der Waals surface area contributed by atoms with Crippen molar-refractivity contribution >= 4 is 18.1 Å². The van der Waals surface area contributed by atoms with Crippen molar-refractivity contribution in [3.8, 4) is 11.5 Å². The number of esters is 1. The number of ether oxygens (including phenoxy) is 2. The summed E-state index contributed by atoms with van der Waals surface area (Å²) in [5.41, 5.74) is 4.52. The first-order valence-electron chi connectivity index (χ1n) is 8.99. The van der Waals surface area contributed by atoms with Crippen LogP contribution in [0.4, 0.5) is 0 Å². The average molecular weight is 388 g/mol. The topological polar surface area (TPSA) is 77.0 Å². The second-order valence-electron chi connectivity index (χ2n) is 6.17. The Hall–Kier alpha value is -3.93. The maximum absolute atomic E-state index is 12.2. The van der Waals surface area contributed by atoms with E-state index in [0.717, 1.165) is 11.1 Å². The Morgan fingerprint density at radius 1 is 0.897 bits per heavy atom. The third-order valence-corrected chi connectivity index (χ3v) is 3.97. The largest absolute Gasteiger partial charge is 0.484 e. The first kappa shape index (κ1) is 19.8. The highest BCUT2D eigenvalue weighted by atomic mass is 16.5. The predicted molar refractivity (Wildman–Crippen MR) is 110 cm³/mol. The van der Waals surface area contributed by atoms with E-state index in [0.29, 0.717) is 17.1 Å². The van der Waals surface area contributed by atoms with E-state index in [1.807, 2.05) is 37.3 Å². The molecule has 0 saturated heterocycles. The van der Waals surface area contributed by atoms with Crippen LogP contribution in [0, 0.1) is 6.92 Å². The number of aryl methyl sites for hydroxylation is 1. The van der Waals surface area contributed by atoms with Gasteiger partial charge in [0.05, 0.1) is 11.8 Å². The third kappa shape index (κ3) is 6.04. The number of benzene rings is 3. The first-order chi connectivity index (χ1) is 14.1. The van der Waals surface area contributed by atoms with Gasteiger partial charge in [-0.05, 0) is 60.5 Å². The fourth-order valence-corrected chi connectivity index (χ4v) is 2.46. The van der Waals surface area contributed by atoms with Gasteiger partial charge in [-0.3, -0.25) is 4.79 Å². The van der Waals surface area contributed by atoms with Crippen LogP contribution in [-0.4, -0.2) is 24.7 Å². The third-order valence-electron chi connectivity index (χ3n) is 3.97. The molecule has 3 aromatic carbocycles. The van der Waals surface area contributed by atoms with Gasteiger partial charge in [-0.15, -0.1) is 0 Å². The van der Waals surface area contributed by atoms with Crippen molar-refractivity contribution < 1.29 is 19.1 Å². The van der Waals surface area contributed by atoms with E-state index in [4.69, 9.17) is 9.47 Å². The van der Waals surface area contributed by atoms with E-state index in [2.05, 4.69) is 10.5 Å². The minimum absolute atomic E-state index is 0.130. The van der Waals surface area contributed by atoms with E-state index >= 15 is 0 Å². The van der Waals surface area contributed by atoms with E-state index in [-0.39, 0.29) is 12.5 Å². The number of nitrogens with zero attached hydrogens (tertiary/aromatic N) is 1. The van der Waals surface area contributed by atoms with Crippen molar-refractivity contribution in [2.45, 2.75) is 6.92 Å². The molecule has 0 aliphatic carbocycles. The lowest BCUT2D eigenvalue weighted by Crippen LogP contribution is -2.24. The fourth-order valence-electron chi connectivity index (χ4n) is 2.46. The standard InChI is InChI=1S/C23H20N2O4/c1-17-7-5-6-10-21(17)23(27)29-20-13-11-18(12-14-20)15-24-25-22(26)16-28-19-8-3-2-4-9-19/h2-15H,16H2,1H3,(H,25,26)/b24-15+. The molecule has 0 aliphatic rings. The molecule has 6 nitrogen and oxygen atoms in total. The Labute approximate surface area is 168 Å². The molecular weight excluding hydrogens is 368 g/mol. The molecule has 0 saturated carbocycles. The summed E-state index contributed by atoms with van der Waals surface area (Å²) in [5, 5.41) is 3.89. The summed E-state index contributed by atoms with van der Waals surface area (Å²) in [5.74, 6) is 0.266. The molecule has 0 fully saturated rings. The van der Waals surface area contributed by atoms with Crippen molar-refractivity contribution in [1.29, 1.82) is 0 Å². The molecule has 3 aromatic rings. The maximum atomic E-state index is 12.2. The van der Waals surface area contributed by atoms with Crippen LogP contribution < -0.4 is 14.9 Å². The summed E-state index contributed by atoms with van der Waals surface area (Å²) in [6, 6.07) is 23.1. The minimum atomic E-state index is -0.407. The van der Waals surface area contributed by atoms with Crippen molar-refractivity contribution in [2.24, 2.45) is 5.10 Å². The Bertz CT molecular complexity index is 999. The molecule has 1 N–H and O–H groups in total. The van der Waals surface area contributed by atoms with Crippen LogP contribution in [0.1, 0.15) is 21.5 Å². The van der Waals surface area contributed by atoms with E-state index in [9.17, 15) is 9.59 Å². The summed E-state index contributed by atoms with van der Waals surface area (Å²) in [7, 11) is 0. The number of rotatable bonds is 7. The maximum Gasteiger partial charge on any atom is 0.343 e. The molecule has 0 aromatic heterocycles. The molecule has 0 spiro atoms. The average Bonchev–Trinajstić information content (AvgIpc) is 2.74. The molecule has 3 rings (SSSR count). The Morgan fingerprint density at radius 3 is 2.31 bits per heavy atom. The molecule has 0 radical (unpaired) electrons. The number of hydrogen-bond donors (Lipinski definition) is 1. The lowest BCUT2D eigenvalue weighted by Gasteiger charge is -2.06. The van der Waals surface area contributed by atoms with Gasteiger partial charge in [0.25, 0.3) is 5.91 Å². The van der Waals surface area contributed by atoms with Gasteiger partial charge in [-0.2, -0.15) is 5.10 Å². The fraction of sp³-hybridized carbons (Fsp3) is 0.0870. The first-order valence-corrected chi connectivity index (χ1v) is 8.99. The molecule has 0 aliphatic heterocycles. The zero-order valence-electron chi connectivity index (χ0n) is 15.9. The number of hydrogen-bond acceptors (Lipinski definition) is 5. The van der Waals surface area contributed by atoms with Crippen LogP contribution in [0.2, 0.25) is 0 Å². The van der Waals surface area contributed by atoms with Crippen LogP contribution in [0.25, 0.3) is 0 Å². The summed E-state index contributed by atoms with van der Waals surface area (Å²) in [6.45, 7) is 1.73. The molecule has 1 amide bonds.